The van der Waals surface area contributed by atoms with Crippen molar-refractivity contribution in [2.45, 2.75) is 51.9 Å². The van der Waals surface area contributed by atoms with E-state index in [0.717, 1.165) is 32.2 Å². The van der Waals surface area contributed by atoms with Crippen molar-refractivity contribution in [1.82, 2.24) is 10.2 Å². The molecule has 3 rings (SSSR count). The zero-order valence-electron chi connectivity index (χ0n) is 15.5. The van der Waals surface area contributed by atoms with Crippen LogP contribution in [0.3, 0.4) is 0 Å². The Hall–Kier alpha value is -1.84. The fourth-order valence-electron chi connectivity index (χ4n) is 4.19. The minimum absolute atomic E-state index is 0.000511. The molecule has 0 radical (unpaired) electrons. The van der Waals surface area contributed by atoms with Gasteiger partial charge in [-0.15, -0.1) is 0 Å². The van der Waals surface area contributed by atoms with E-state index < -0.39 is 0 Å². The summed E-state index contributed by atoms with van der Waals surface area (Å²) in [7, 11) is 0. The summed E-state index contributed by atoms with van der Waals surface area (Å²) in [6, 6.07) is 8.60. The second-order valence-electron chi connectivity index (χ2n) is 7.81. The predicted octanol–water partition coefficient (Wildman–Crippen LogP) is 3.12. The lowest BCUT2D eigenvalue weighted by atomic mass is 9.82. The first-order chi connectivity index (χ1) is 12.1. The Morgan fingerprint density at radius 2 is 2.00 bits per heavy atom. The maximum atomic E-state index is 12.6. The summed E-state index contributed by atoms with van der Waals surface area (Å²) >= 11 is 0. The molecule has 1 N–H and O–H groups in total. The zero-order valence-corrected chi connectivity index (χ0v) is 15.5. The van der Waals surface area contributed by atoms with Crippen LogP contribution < -0.4 is 5.32 Å². The first-order valence-electron chi connectivity index (χ1n) is 9.70. The van der Waals surface area contributed by atoms with Gasteiger partial charge in [0.15, 0.2) is 0 Å². The van der Waals surface area contributed by atoms with Gasteiger partial charge in [0, 0.05) is 31.5 Å². The van der Waals surface area contributed by atoms with Crippen molar-refractivity contribution < 1.29 is 9.59 Å². The van der Waals surface area contributed by atoms with Gasteiger partial charge < -0.3 is 10.2 Å². The van der Waals surface area contributed by atoms with Gasteiger partial charge in [-0.05, 0) is 43.2 Å². The van der Waals surface area contributed by atoms with E-state index in [0.29, 0.717) is 19.0 Å². The molecule has 4 heteroatoms. The van der Waals surface area contributed by atoms with Crippen LogP contribution in [0, 0.1) is 11.8 Å². The summed E-state index contributed by atoms with van der Waals surface area (Å²) in [6.07, 6.45) is 5.28. The van der Waals surface area contributed by atoms with Crippen LogP contribution in [0.25, 0.3) is 0 Å². The molecule has 2 amide bonds. The number of nitrogens with zero attached hydrogens (tertiary/aromatic N) is 1. The molecule has 1 fully saturated rings. The maximum absolute atomic E-state index is 12.6. The standard InChI is InChI=1S/C21H30N2O2/c1-15(2)21(25)23-12-6-10-18(14-23)20(24)22-13-17-9-5-8-16-7-3-4-11-19(16)17/h3-4,7,11,15,17-18H,5-6,8-10,12-14H2,1-2H3,(H,22,24)/t17-,18+/m0/s1. The Morgan fingerprint density at radius 3 is 2.80 bits per heavy atom. The Bertz CT molecular complexity index is 626. The van der Waals surface area contributed by atoms with E-state index in [1.807, 2.05) is 18.7 Å². The van der Waals surface area contributed by atoms with Gasteiger partial charge in [0.05, 0.1) is 5.92 Å². The van der Waals surface area contributed by atoms with Crippen molar-refractivity contribution >= 4 is 11.8 Å². The van der Waals surface area contributed by atoms with Gasteiger partial charge >= 0.3 is 0 Å². The third kappa shape index (κ3) is 4.23. The van der Waals surface area contributed by atoms with Crippen LogP contribution in [0.1, 0.15) is 56.6 Å². The van der Waals surface area contributed by atoms with Gasteiger partial charge in [0.25, 0.3) is 0 Å². The molecule has 1 aromatic rings. The molecule has 2 aliphatic rings. The molecule has 0 aromatic heterocycles. The van der Waals surface area contributed by atoms with Crippen LogP contribution >= 0.6 is 0 Å². The first-order valence-corrected chi connectivity index (χ1v) is 9.70. The van der Waals surface area contributed by atoms with E-state index in [-0.39, 0.29) is 23.7 Å². The summed E-state index contributed by atoms with van der Waals surface area (Å²) in [5, 5.41) is 3.17. The molecule has 1 saturated heterocycles. The van der Waals surface area contributed by atoms with Crippen molar-refractivity contribution in [2.75, 3.05) is 19.6 Å². The topological polar surface area (TPSA) is 49.4 Å². The number of rotatable bonds is 4. The second kappa shape index (κ2) is 8.03. The number of carbonyl (C=O) groups is 2. The predicted molar refractivity (Wildman–Crippen MR) is 99.3 cm³/mol. The van der Waals surface area contributed by atoms with E-state index >= 15 is 0 Å². The van der Waals surface area contributed by atoms with Crippen LogP contribution in [-0.2, 0) is 16.0 Å². The number of carbonyl (C=O) groups excluding carboxylic acids is 2. The smallest absolute Gasteiger partial charge is 0.225 e. The highest BCUT2D eigenvalue weighted by Crippen LogP contribution is 2.31. The average molecular weight is 342 g/mol. The number of aryl methyl sites for hydroxylation is 1. The number of nitrogens with one attached hydrogen (secondary N) is 1. The van der Waals surface area contributed by atoms with Gasteiger partial charge in [0.1, 0.15) is 0 Å². The Balaban J connectivity index is 1.55. The Morgan fingerprint density at radius 1 is 1.20 bits per heavy atom. The van der Waals surface area contributed by atoms with E-state index in [1.165, 1.54) is 17.5 Å². The quantitative estimate of drug-likeness (QED) is 0.914. The monoisotopic (exact) mass is 342 g/mol. The van der Waals surface area contributed by atoms with Crippen LogP contribution in [0.5, 0.6) is 0 Å². The molecule has 4 nitrogen and oxygen atoms in total. The van der Waals surface area contributed by atoms with Crippen molar-refractivity contribution in [2.24, 2.45) is 11.8 Å². The Kier molecular flexibility index (Phi) is 5.77. The largest absolute Gasteiger partial charge is 0.355 e. The minimum atomic E-state index is -0.0599. The molecular formula is C21H30N2O2. The molecule has 1 heterocycles. The molecule has 136 valence electrons. The molecule has 1 aliphatic heterocycles. The van der Waals surface area contributed by atoms with E-state index in [9.17, 15) is 9.59 Å². The molecule has 0 spiro atoms. The highest BCUT2D eigenvalue weighted by Gasteiger charge is 2.30. The summed E-state index contributed by atoms with van der Waals surface area (Å²) in [5.41, 5.74) is 2.83. The van der Waals surface area contributed by atoms with Gasteiger partial charge in [-0.2, -0.15) is 0 Å². The van der Waals surface area contributed by atoms with Crippen molar-refractivity contribution in [3.63, 3.8) is 0 Å². The highest BCUT2D eigenvalue weighted by molar-refractivity contribution is 5.82. The lowest BCUT2D eigenvalue weighted by molar-refractivity contribution is -0.138. The summed E-state index contributed by atoms with van der Waals surface area (Å²) < 4.78 is 0. The lowest BCUT2D eigenvalue weighted by Crippen LogP contribution is -2.47. The normalized spacial score (nSPS) is 23.2. The SMILES string of the molecule is CC(C)C(=O)N1CCC[C@@H](C(=O)NC[C@@H]2CCCc3ccccc32)C1. The summed E-state index contributed by atoms with van der Waals surface area (Å²) in [6.45, 7) is 5.92. The fourth-order valence-corrected chi connectivity index (χ4v) is 4.19. The fraction of sp³-hybridized carbons (Fsp3) is 0.619. The van der Waals surface area contributed by atoms with E-state index in [2.05, 4.69) is 29.6 Å². The third-order valence-corrected chi connectivity index (χ3v) is 5.61. The van der Waals surface area contributed by atoms with Crippen LogP contribution in [-0.4, -0.2) is 36.3 Å². The zero-order chi connectivity index (χ0) is 17.8. The molecule has 25 heavy (non-hydrogen) atoms. The Labute approximate surface area is 151 Å². The van der Waals surface area contributed by atoms with Crippen LogP contribution in [0.2, 0.25) is 0 Å². The van der Waals surface area contributed by atoms with Gasteiger partial charge in [-0.25, -0.2) is 0 Å². The molecular weight excluding hydrogens is 312 g/mol. The number of hydrogen-bond acceptors (Lipinski definition) is 2. The molecule has 0 bridgehead atoms. The third-order valence-electron chi connectivity index (χ3n) is 5.61. The molecule has 0 unspecified atom stereocenters. The van der Waals surface area contributed by atoms with E-state index in [1.54, 1.807) is 0 Å². The number of hydrogen-bond donors (Lipinski definition) is 1. The number of piperidine rings is 1. The van der Waals surface area contributed by atoms with Crippen LogP contribution in [0.15, 0.2) is 24.3 Å². The van der Waals surface area contributed by atoms with Gasteiger partial charge in [-0.1, -0.05) is 38.1 Å². The van der Waals surface area contributed by atoms with Crippen molar-refractivity contribution in [3.8, 4) is 0 Å². The minimum Gasteiger partial charge on any atom is -0.355 e. The number of likely N-dealkylation sites (tertiary alicyclic amines) is 1. The number of amides is 2. The summed E-state index contributed by atoms with van der Waals surface area (Å²) in [4.78, 5) is 26.7. The van der Waals surface area contributed by atoms with Crippen LogP contribution in [0.4, 0.5) is 0 Å². The van der Waals surface area contributed by atoms with Gasteiger partial charge in [0.2, 0.25) is 11.8 Å². The number of benzene rings is 1. The molecule has 2 atom stereocenters. The molecule has 1 aliphatic carbocycles. The van der Waals surface area contributed by atoms with E-state index in [4.69, 9.17) is 0 Å². The van der Waals surface area contributed by atoms with Crippen molar-refractivity contribution in [1.29, 1.82) is 0 Å². The lowest BCUT2D eigenvalue weighted by Gasteiger charge is -2.33. The molecule has 1 aromatic carbocycles. The molecule has 0 saturated carbocycles. The highest BCUT2D eigenvalue weighted by atomic mass is 16.2. The maximum Gasteiger partial charge on any atom is 0.225 e. The second-order valence-corrected chi connectivity index (χ2v) is 7.81. The van der Waals surface area contributed by atoms with Gasteiger partial charge in [-0.3, -0.25) is 9.59 Å². The van der Waals surface area contributed by atoms with Crippen molar-refractivity contribution in [3.05, 3.63) is 35.4 Å². The average Bonchev–Trinajstić information content (AvgIpc) is 2.65. The first kappa shape index (κ1) is 18.0. The number of fused-ring (bicyclic) bond motifs is 1. The summed E-state index contributed by atoms with van der Waals surface area (Å²) in [5.74, 6) is 0.643.